The number of benzene rings is 2. The third-order valence-corrected chi connectivity index (χ3v) is 4.94. The average Bonchev–Trinajstić information content (AvgIpc) is 3.18. The van der Waals surface area contributed by atoms with Crippen LogP contribution in [0.2, 0.25) is 5.02 Å². The van der Waals surface area contributed by atoms with Crippen molar-refractivity contribution in [2.45, 2.75) is 18.9 Å². The highest BCUT2D eigenvalue weighted by molar-refractivity contribution is 6.31. The molecule has 26 heavy (non-hydrogen) atoms. The van der Waals surface area contributed by atoms with E-state index in [1.165, 1.54) is 18.2 Å². The smallest absolute Gasteiger partial charge is 0.254 e. The fraction of sp³-hybridized carbons (Fsp3) is 0.350. The van der Waals surface area contributed by atoms with E-state index in [9.17, 15) is 9.18 Å². The maximum atomic E-state index is 13.9. The summed E-state index contributed by atoms with van der Waals surface area (Å²) in [6.45, 7) is 2.29. The van der Waals surface area contributed by atoms with Crippen LogP contribution < -0.4 is 10.1 Å². The molecule has 1 heterocycles. The third-order valence-electron chi connectivity index (χ3n) is 4.71. The van der Waals surface area contributed by atoms with Crippen LogP contribution in [0.1, 0.15) is 34.8 Å². The number of halogens is 2. The summed E-state index contributed by atoms with van der Waals surface area (Å²) in [7, 11) is 1.64. The lowest BCUT2D eigenvalue weighted by atomic mass is 10.0. The van der Waals surface area contributed by atoms with Gasteiger partial charge in [-0.1, -0.05) is 29.8 Å². The quantitative estimate of drug-likeness (QED) is 0.826. The molecule has 1 saturated heterocycles. The number of likely N-dealkylation sites (tertiary alicyclic amines) is 1. The number of carbonyl (C=O) groups is 1. The molecule has 3 rings (SSSR count). The molecule has 0 saturated carbocycles. The largest absolute Gasteiger partial charge is 0.496 e. The van der Waals surface area contributed by atoms with Crippen LogP contribution in [-0.2, 0) is 0 Å². The van der Waals surface area contributed by atoms with Gasteiger partial charge in [0, 0.05) is 17.1 Å². The van der Waals surface area contributed by atoms with Gasteiger partial charge in [-0.25, -0.2) is 4.39 Å². The molecule has 2 aromatic carbocycles. The summed E-state index contributed by atoms with van der Waals surface area (Å²) in [5.41, 5.74) is 0.974. The van der Waals surface area contributed by atoms with Crippen molar-refractivity contribution in [1.29, 1.82) is 0 Å². The Labute approximate surface area is 157 Å². The highest BCUT2D eigenvalue weighted by atomic mass is 35.5. The second kappa shape index (κ2) is 8.52. The predicted molar refractivity (Wildman–Crippen MR) is 100 cm³/mol. The normalized spacial score (nSPS) is 15.7. The van der Waals surface area contributed by atoms with Crippen LogP contribution in [0, 0.1) is 5.82 Å². The van der Waals surface area contributed by atoms with Crippen LogP contribution in [0.4, 0.5) is 4.39 Å². The number of ether oxygens (including phenoxy) is 1. The summed E-state index contributed by atoms with van der Waals surface area (Å²) in [6.07, 6.45) is 2.25. The first-order chi connectivity index (χ1) is 12.6. The van der Waals surface area contributed by atoms with Gasteiger partial charge in [0.2, 0.25) is 0 Å². The molecule has 1 amide bonds. The van der Waals surface area contributed by atoms with Gasteiger partial charge in [-0.15, -0.1) is 0 Å². The zero-order valence-electron chi connectivity index (χ0n) is 14.7. The SMILES string of the molecule is COc1ccccc1[C@H](CNC(=O)c1cc(Cl)ccc1F)N1CCCC1. The number of hydrogen-bond acceptors (Lipinski definition) is 3. The Morgan fingerprint density at radius 3 is 2.73 bits per heavy atom. The van der Waals surface area contributed by atoms with Crippen LogP contribution in [-0.4, -0.2) is 37.6 Å². The van der Waals surface area contributed by atoms with E-state index in [4.69, 9.17) is 16.3 Å². The Balaban J connectivity index is 1.80. The molecule has 0 radical (unpaired) electrons. The number of amides is 1. The molecule has 1 aliphatic heterocycles. The third kappa shape index (κ3) is 4.17. The maximum Gasteiger partial charge on any atom is 0.254 e. The molecule has 1 fully saturated rings. The number of nitrogens with zero attached hydrogens (tertiary/aromatic N) is 1. The van der Waals surface area contributed by atoms with Gasteiger partial charge in [0.25, 0.3) is 5.91 Å². The molecule has 0 spiro atoms. The molecule has 4 nitrogen and oxygen atoms in total. The van der Waals surface area contributed by atoms with Crippen molar-refractivity contribution in [1.82, 2.24) is 10.2 Å². The Bertz CT molecular complexity index is 778. The number of rotatable bonds is 6. The Hall–Kier alpha value is -2.11. The van der Waals surface area contributed by atoms with E-state index in [1.807, 2.05) is 24.3 Å². The van der Waals surface area contributed by atoms with Crippen LogP contribution >= 0.6 is 11.6 Å². The molecule has 138 valence electrons. The first-order valence-corrected chi connectivity index (χ1v) is 9.08. The molecule has 1 N–H and O–H groups in total. The summed E-state index contributed by atoms with van der Waals surface area (Å²) in [6, 6.07) is 11.7. The van der Waals surface area contributed by atoms with Crippen molar-refractivity contribution in [3.05, 3.63) is 64.4 Å². The van der Waals surface area contributed by atoms with Crippen molar-refractivity contribution < 1.29 is 13.9 Å². The first-order valence-electron chi connectivity index (χ1n) is 8.70. The summed E-state index contributed by atoms with van der Waals surface area (Å²) in [5, 5.41) is 3.19. The highest BCUT2D eigenvalue weighted by Crippen LogP contribution is 2.31. The van der Waals surface area contributed by atoms with Crippen LogP contribution in [0.15, 0.2) is 42.5 Å². The van der Waals surface area contributed by atoms with Gasteiger partial charge in [-0.2, -0.15) is 0 Å². The van der Waals surface area contributed by atoms with E-state index in [0.717, 1.165) is 37.2 Å². The van der Waals surface area contributed by atoms with E-state index in [1.54, 1.807) is 7.11 Å². The molecular formula is C20H22ClFN2O2. The molecule has 0 unspecified atom stereocenters. The number of hydrogen-bond donors (Lipinski definition) is 1. The molecule has 0 aromatic heterocycles. The standard InChI is InChI=1S/C20H22ClFN2O2/c1-26-19-7-3-2-6-15(19)18(24-10-4-5-11-24)13-23-20(25)16-12-14(21)8-9-17(16)22/h2-3,6-9,12,18H,4-5,10-11,13H2,1H3,(H,23,25)/t18-/m0/s1. The van der Waals surface area contributed by atoms with Crippen LogP contribution in [0.25, 0.3) is 0 Å². The maximum absolute atomic E-state index is 13.9. The minimum Gasteiger partial charge on any atom is -0.496 e. The van der Waals surface area contributed by atoms with Crippen molar-refractivity contribution in [2.75, 3.05) is 26.7 Å². The Kier molecular flexibility index (Phi) is 6.12. The summed E-state index contributed by atoms with van der Waals surface area (Å²) in [4.78, 5) is 14.8. The predicted octanol–water partition coefficient (Wildman–Crippen LogP) is 4.05. The van der Waals surface area contributed by atoms with E-state index < -0.39 is 11.7 Å². The number of nitrogens with one attached hydrogen (secondary N) is 1. The minimum absolute atomic E-state index is 0.0279. The van der Waals surface area contributed by atoms with E-state index >= 15 is 0 Å². The van der Waals surface area contributed by atoms with Crippen molar-refractivity contribution >= 4 is 17.5 Å². The van der Waals surface area contributed by atoms with Gasteiger partial charge >= 0.3 is 0 Å². The van der Waals surface area contributed by atoms with Gasteiger partial charge in [0.15, 0.2) is 0 Å². The van der Waals surface area contributed by atoms with Gasteiger partial charge in [0.1, 0.15) is 11.6 Å². The van der Waals surface area contributed by atoms with Gasteiger partial charge in [-0.05, 0) is 50.2 Å². The molecule has 0 aliphatic carbocycles. The van der Waals surface area contributed by atoms with Crippen LogP contribution in [0.3, 0.4) is 0 Å². The zero-order valence-corrected chi connectivity index (χ0v) is 15.4. The lowest BCUT2D eigenvalue weighted by Crippen LogP contribution is -2.37. The molecule has 1 atom stereocenters. The van der Waals surface area contributed by atoms with Gasteiger partial charge in [0.05, 0.1) is 18.7 Å². The van der Waals surface area contributed by atoms with E-state index in [-0.39, 0.29) is 11.6 Å². The van der Waals surface area contributed by atoms with Crippen molar-refractivity contribution in [2.24, 2.45) is 0 Å². The molecule has 1 aliphatic rings. The van der Waals surface area contributed by atoms with Crippen LogP contribution in [0.5, 0.6) is 5.75 Å². The average molecular weight is 377 g/mol. The Morgan fingerprint density at radius 2 is 2.00 bits per heavy atom. The van der Waals surface area contributed by atoms with Crippen molar-refractivity contribution in [3.8, 4) is 5.75 Å². The Morgan fingerprint density at radius 1 is 1.27 bits per heavy atom. The second-order valence-electron chi connectivity index (χ2n) is 6.34. The minimum atomic E-state index is -0.582. The number of para-hydroxylation sites is 1. The van der Waals surface area contributed by atoms with E-state index in [2.05, 4.69) is 10.2 Å². The molecule has 0 bridgehead atoms. The van der Waals surface area contributed by atoms with Gasteiger partial charge in [-0.3, -0.25) is 9.69 Å². The molecule has 6 heteroatoms. The zero-order chi connectivity index (χ0) is 18.5. The second-order valence-corrected chi connectivity index (χ2v) is 6.77. The summed E-state index contributed by atoms with van der Waals surface area (Å²) < 4.78 is 19.4. The molecular weight excluding hydrogens is 355 g/mol. The highest BCUT2D eigenvalue weighted by Gasteiger charge is 2.26. The number of carbonyl (C=O) groups excluding carboxylic acids is 1. The fourth-order valence-corrected chi connectivity index (χ4v) is 3.56. The van der Waals surface area contributed by atoms with Gasteiger partial charge < -0.3 is 10.1 Å². The monoisotopic (exact) mass is 376 g/mol. The summed E-state index contributed by atoms with van der Waals surface area (Å²) >= 11 is 5.89. The number of methoxy groups -OCH3 is 1. The topological polar surface area (TPSA) is 41.6 Å². The van der Waals surface area contributed by atoms with Crippen molar-refractivity contribution in [3.63, 3.8) is 0 Å². The molecule has 2 aromatic rings. The lowest BCUT2D eigenvalue weighted by molar-refractivity contribution is 0.0933. The summed E-state index contributed by atoms with van der Waals surface area (Å²) in [5.74, 6) is -0.265. The first kappa shape index (κ1) is 18.7. The lowest BCUT2D eigenvalue weighted by Gasteiger charge is -2.29. The fourth-order valence-electron chi connectivity index (χ4n) is 3.39. The van der Waals surface area contributed by atoms with E-state index in [0.29, 0.717) is 11.6 Å².